The Labute approximate surface area is 197 Å². The summed E-state index contributed by atoms with van der Waals surface area (Å²) in [6.07, 6.45) is 9.34. The van der Waals surface area contributed by atoms with E-state index in [4.69, 9.17) is 0 Å². The van der Waals surface area contributed by atoms with E-state index in [1.807, 2.05) is 29.7 Å². The molecular weight excluding hydrogens is 431 g/mol. The molecule has 4 nitrogen and oxygen atoms in total. The molecular formula is C27H29FN4S. The van der Waals surface area contributed by atoms with Crippen molar-refractivity contribution in [1.82, 2.24) is 14.8 Å². The number of nitrogens with one attached hydrogen (secondary N) is 1. The van der Waals surface area contributed by atoms with Gasteiger partial charge in [-0.1, -0.05) is 18.2 Å². The molecule has 4 aromatic rings. The number of nitrogens with zero attached hydrogens (tertiary/aromatic N) is 3. The highest BCUT2D eigenvalue weighted by Gasteiger charge is 2.27. The van der Waals surface area contributed by atoms with Gasteiger partial charge in [0.05, 0.1) is 20.8 Å². The normalized spacial score (nSPS) is 20.9. The standard InChI is InChI=1S/C27H29FN4S/c1-32-24-12-11-20(14-23(24)26(28)31-32)18-7-5-17(6-8-18)15-29-22-4-2-3-21(13-22)25-16-30-27(33-25)19-9-10-19/h2-4,11-14,16-19,29H,5-10,15H2,1H3/t17-,18-. The van der Waals surface area contributed by atoms with Gasteiger partial charge in [-0.15, -0.1) is 16.4 Å². The monoisotopic (exact) mass is 460 g/mol. The van der Waals surface area contributed by atoms with Crippen LogP contribution in [0.5, 0.6) is 0 Å². The van der Waals surface area contributed by atoms with E-state index < -0.39 is 0 Å². The first kappa shape index (κ1) is 20.8. The Morgan fingerprint density at radius 1 is 1.03 bits per heavy atom. The fraction of sp³-hybridized carbons (Fsp3) is 0.407. The van der Waals surface area contributed by atoms with Gasteiger partial charge in [0.1, 0.15) is 0 Å². The Morgan fingerprint density at radius 3 is 2.67 bits per heavy atom. The van der Waals surface area contributed by atoms with Crippen molar-refractivity contribution in [1.29, 1.82) is 0 Å². The summed E-state index contributed by atoms with van der Waals surface area (Å²) in [4.78, 5) is 5.90. The van der Waals surface area contributed by atoms with E-state index in [0.29, 0.717) is 23.1 Å². The number of fused-ring (bicyclic) bond motifs is 1. The first-order valence-corrected chi connectivity index (χ1v) is 12.9. The van der Waals surface area contributed by atoms with Crippen LogP contribution >= 0.6 is 11.3 Å². The Kier molecular flexibility index (Phi) is 5.41. The van der Waals surface area contributed by atoms with Crippen LogP contribution in [0.3, 0.4) is 0 Å². The zero-order valence-corrected chi connectivity index (χ0v) is 19.7. The van der Waals surface area contributed by atoms with Gasteiger partial charge in [0, 0.05) is 31.4 Å². The molecule has 6 heteroatoms. The molecule has 2 aliphatic carbocycles. The van der Waals surface area contributed by atoms with Crippen molar-refractivity contribution < 1.29 is 4.39 Å². The number of halogens is 1. The Morgan fingerprint density at radius 2 is 1.85 bits per heavy atom. The molecule has 0 bridgehead atoms. The minimum Gasteiger partial charge on any atom is -0.385 e. The van der Waals surface area contributed by atoms with Gasteiger partial charge < -0.3 is 5.32 Å². The molecule has 0 radical (unpaired) electrons. The van der Waals surface area contributed by atoms with E-state index in [2.05, 4.69) is 45.7 Å². The van der Waals surface area contributed by atoms with Gasteiger partial charge in [-0.2, -0.15) is 4.39 Å². The molecule has 2 aromatic carbocycles. The lowest BCUT2D eigenvalue weighted by molar-refractivity contribution is 0.338. The number of anilines is 1. The summed E-state index contributed by atoms with van der Waals surface area (Å²) in [5.74, 6) is 1.54. The van der Waals surface area contributed by atoms with E-state index in [-0.39, 0.29) is 5.95 Å². The van der Waals surface area contributed by atoms with Crippen molar-refractivity contribution in [2.45, 2.75) is 50.4 Å². The maximum absolute atomic E-state index is 14.1. The van der Waals surface area contributed by atoms with Crippen LogP contribution in [0.15, 0.2) is 48.7 Å². The third-order valence-corrected chi connectivity index (χ3v) is 8.55. The van der Waals surface area contributed by atoms with Gasteiger partial charge in [-0.25, -0.2) is 4.98 Å². The predicted octanol–water partition coefficient (Wildman–Crippen LogP) is 7.10. The fourth-order valence-electron chi connectivity index (χ4n) is 5.18. The number of hydrogen-bond donors (Lipinski definition) is 1. The van der Waals surface area contributed by atoms with Gasteiger partial charge in [0.2, 0.25) is 5.95 Å². The smallest absolute Gasteiger partial charge is 0.240 e. The van der Waals surface area contributed by atoms with Crippen molar-refractivity contribution in [3.63, 3.8) is 0 Å². The predicted molar refractivity (Wildman–Crippen MR) is 133 cm³/mol. The second kappa shape index (κ2) is 8.56. The highest BCUT2D eigenvalue weighted by molar-refractivity contribution is 7.15. The summed E-state index contributed by atoms with van der Waals surface area (Å²) in [6, 6.07) is 14.9. The Hall–Kier alpha value is -2.73. The van der Waals surface area contributed by atoms with Crippen LogP contribution in [-0.2, 0) is 7.05 Å². The van der Waals surface area contributed by atoms with Gasteiger partial charge >= 0.3 is 0 Å². The molecule has 2 heterocycles. The lowest BCUT2D eigenvalue weighted by atomic mass is 9.78. The molecule has 2 fully saturated rings. The summed E-state index contributed by atoms with van der Waals surface area (Å²) in [5.41, 5.74) is 4.56. The number of benzene rings is 2. The average molecular weight is 461 g/mol. The van der Waals surface area contributed by atoms with Gasteiger partial charge in [-0.05, 0) is 85.8 Å². The molecule has 0 spiro atoms. The largest absolute Gasteiger partial charge is 0.385 e. The molecule has 0 aliphatic heterocycles. The fourth-order valence-corrected chi connectivity index (χ4v) is 6.26. The van der Waals surface area contributed by atoms with E-state index in [1.165, 1.54) is 52.4 Å². The van der Waals surface area contributed by atoms with Crippen LogP contribution in [0.1, 0.15) is 60.9 Å². The minimum atomic E-state index is -0.364. The second-order valence-electron chi connectivity index (χ2n) is 9.71. The summed E-state index contributed by atoms with van der Waals surface area (Å²) < 4.78 is 15.7. The van der Waals surface area contributed by atoms with Crippen molar-refractivity contribution in [3.8, 4) is 10.4 Å². The van der Waals surface area contributed by atoms with Crippen LogP contribution in [0.25, 0.3) is 21.3 Å². The number of hydrogen-bond acceptors (Lipinski definition) is 4. The summed E-state index contributed by atoms with van der Waals surface area (Å²) in [7, 11) is 1.79. The Balaban J connectivity index is 1.06. The van der Waals surface area contributed by atoms with Crippen LogP contribution in [-0.4, -0.2) is 21.3 Å². The van der Waals surface area contributed by atoms with Gasteiger partial charge in [0.25, 0.3) is 0 Å². The van der Waals surface area contributed by atoms with Crippen LogP contribution in [0, 0.1) is 11.9 Å². The molecule has 1 N–H and O–H groups in total. The topological polar surface area (TPSA) is 42.7 Å². The van der Waals surface area contributed by atoms with Crippen molar-refractivity contribution in [2.75, 3.05) is 11.9 Å². The van der Waals surface area contributed by atoms with Gasteiger partial charge in [-0.3, -0.25) is 4.68 Å². The number of aromatic nitrogens is 3. The SMILES string of the molecule is Cn1nc(F)c2cc([C@H]3CC[C@H](CNc4cccc(-c5cnc(C6CC6)s5)c4)CC3)ccc21. The number of aryl methyl sites for hydroxylation is 1. The summed E-state index contributed by atoms with van der Waals surface area (Å²) in [6.45, 7) is 1.00. The molecule has 33 heavy (non-hydrogen) atoms. The van der Waals surface area contributed by atoms with Crippen molar-refractivity contribution in [3.05, 3.63) is 65.2 Å². The second-order valence-corrected chi connectivity index (χ2v) is 10.8. The lowest BCUT2D eigenvalue weighted by Crippen LogP contribution is -2.20. The van der Waals surface area contributed by atoms with Crippen LogP contribution in [0.2, 0.25) is 0 Å². The quantitative estimate of drug-likeness (QED) is 0.334. The van der Waals surface area contributed by atoms with Crippen molar-refractivity contribution in [2.24, 2.45) is 13.0 Å². The first-order chi connectivity index (χ1) is 16.1. The summed E-state index contributed by atoms with van der Waals surface area (Å²) >= 11 is 1.84. The highest BCUT2D eigenvalue weighted by Crippen LogP contribution is 2.43. The molecule has 0 amide bonds. The highest BCUT2D eigenvalue weighted by atomic mass is 32.1. The molecule has 2 aromatic heterocycles. The number of thiazole rings is 1. The molecule has 170 valence electrons. The zero-order valence-electron chi connectivity index (χ0n) is 18.9. The first-order valence-electron chi connectivity index (χ1n) is 12.1. The lowest BCUT2D eigenvalue weighted by Gasteiger charge is -2.29. The molecule has 0 unspecified atom stereocenters. The van der Waals surface area contributed by atoms with Gasteiger partial charge in [0.15, 0.2) is 0 Å². The maximum atomic E-state index is 14.1. The van der Waals surface area contributed by atoms with E-state index in [1.54, 1.807) is 11.7 Å². The molecule has 0 atom stereocenters. The van der Waals surface area contributed by atoms with E-state index >= 15 is 0 Å². The third kappa shape index (κ3) is 4.29. The number of rotatable bonds is 6. The third-order valence-electron chi connectivity index (χ3n) is 7.34. The maximum Gasteiger partial charge on any atom is 0.240 e. The van der Waals surface area contributed by atoms with E-state index in [0.717, 1.165) is 24.9 Å². The average Bonchev–Trinajstić information content (AvgIpc) is 3.51. The van der Waals surface area contributed by atoms with Crippen molar-refractivity contribution >= 4 is 27.9 Å². The van der Waals surface area contributed by atoms with E-state index in [9.17, 15) is 4.39 Å². The summed E-state index contributed by atoms with van der Waals surface area (Å²) in [5, 5.41) is 9.54. The molecule has 2 aliphatic rings. The molecule has 6 rings (SSSR count). The Bertz CT molecular complexity index is 1280. The zero-order chi connectivity index (χ0) is 22.4. The van der Waals surface area contributed by atoms with Crippen LogP contribution in [0.4, 0.5) is 10.1 Å². The molecule has 2 saturated carbocycles. The minimum absolute atomic E-state index is 0.364. The van der Waals surface area contributed by atoms with Crippen LogP contribution < -0.4 is 5.32 Å². The molecule has 0 saturated heterocycles.